The van der Waals surface area contributed by atoms with Crippen molar-refractivity contribution in [1.82, 2.24) is 4.98 Å². The van der Waals surface area contributed by atoms with Gasteiger partial charge in [-0.2, -0.15) is 0 Å². The third kappa shape index (κ3) is 4.80. The molecule has 0 saturated carbocycles. The zero-order valence-electron chi connectivity index (χ0n) is 15.8. The predicted molar refractivity (Wildman–Crippen MR) is 109 cm³/mol. The first-order valence-corrected chi connectivity index (χ1v) is 9.89. The zero-order valence-corrected chi connectivity index (χ0v) is 16.6. The lowest BCUT2D eigenvalue weighted by Crippen LogP contribution is -2.08. The summed E-state index contributed by atoms with van der Waals surface area (Å²) in [6.07, 6.45) is 1.61. The Balaban J connectivity index is 1.97. The van der Waals surface area contributed by atoms with Crippen LogP contribution in [0.5, 0.6) is 5.75 Å². The van der Waals surface area contributed by atoms with Crippen LogP contribution in [-0.4, -0.2) is 22.8 Å². The Hall–Kier alpha value is -2.53. The van der Waals surface area contributed by atoms with Gasteiger partial charge in [0.2, 0.25) is 0 Å². The van der Waals surface area contributed by atoms with Gasteiger partial charge in [0.25, 0.3) is 0 Å². The molecule has 2 aromatic carbocycles. The third-order valence-corrected chi connectivity index (χ3v) is 5.03. The Morgan fingerprint density at radius 1 is 1.15 bits per heavy atom. The Kier molecular flexibility index (Phi) is 6.35. The van der Waals surface area contributed by atoms with E-state index in [9.17, 15) is 4.79 Å². The van der Waals surface area contributed by atoms with Crippen molar-refractivity contribution in [2.75, 3.05) is 6.61 Å². The van der Waals surface area contributed by atoms with Gasteiger partial charge in [-0.15, -0.1) is 11.8 Å². The summed E-state index contributed by atoms with van der Waals surface area (Å²) in [4.78, 5) is 17.7. The fraction of sp³-hybridized carbons (Fsp3) is 0.273. The molecule has 5 heteroatoms. The molecule has 0 amide bonds. The minimum Gasteiger partial charge on any atom is -0.489 e. The number of carbonyl (C=O) groups excluding carboxylic acids is 1. The van der Waals surface area contributed by atoms with Gasteiger partial charge in [0, 0.05) is 21.7 Å². The number of esters is 1. The molecule has 0 saturated heterocycles. The summed E-state index contributed by atoms with van der Waals surface area (Å²) in [5.74, 6) is 0.408. The summed E-state index contributed by atoms with van der Waals surface area (Å²) in [5, 5.41) is 1.22. The van der Waals surface area contributed by atoms with Crippen LogP contribution in [0.2, 0.25) is 0 Å². The predicted octanol–water partition coefficient (Wildman–Crippen LogP) is 5.49. The van der Waals surface area contributed by atoms with Crippen LogP contribution in [0.4, 0.5) is 0 Å². The van der Waals surface area contributed by atoms with Gasteiger partial charge in [0.15, 0.2) is 0 Å². The highest BCUT2D eigenvalue weighted by atomic mass is 32.2. The van der Waals surface area contributed by atoms with Gasteiger partial charge in [0.1, 0.15) is 12.4 Å². The molecular weight excluding hydrogens is 358 g/mol. The highest BCUT2D eigenvalue weighted by molar-refractivity contribution is 8.00. The fourth-order valence-corrected chi connectivity index (χ4v) is 3.72. The van der Waals surface area contributed by atoms with Crippen LogP contribution in [0.1, 0.15) is 36.7 Å². The molecule has 0 fully saturated rings. The number of pyridine rings is 1. The van der Waals surface area contributed by atoms with Crippen molar-refractivity contribution >= 4 is 28.6 Å². The van der Waals surface area contributed by atoms with Gasteiger partial charge in [-0.05, 0) is 30.7 Å². The van der Waals surface area contributed by atoms with Crippen LogP contribution >= 0.6 is 11.8 Å². The fourth-order valence-electron chi connectivity index (χ4n) is 2.70. The number of ether oxygens (including phenoxy) is 2. The monoisotopic (exact) mass is 381 g/mol. The molecule has 1 heterocycles. The highest BCUT2D eigenvalue weighted by Gasteiger charge is 2.18. The van der Waals surface area contributed by atoms with E-state index in [4.69, 9.17) is 9.47 Å². The van der Waals surface area contributed by atoms with Gasteiger partial charge in [-0.3, -0.25) is 4.98 Å². The largest absolute Gasteiger partial charge is 0.489 e. The molecule has 1 aromatic heterocycles. The number of nitrogens with zero attached hydrogens (tertiary/aromatic N) is 1. The van der Waals surface area contributed by atoms with Crippen LogP contribution in [0, 0.1) is 0 Å². The molecule has 3 aromatic rings. The summed E-state index contributed by atoms with van der Waals surface area (Å²) in [7, 11) is 0. The highest BCUT2D eigenvalue weighted by Crippen LogP contribution is 2.35. The lowest BCUT2D eigenvalue weighted by atomic mass is 10.1. The van der Waals surface area contributed by atoms with Gasteiger partial charge >= 0.3 is 5.97 Å². The lowest BCUT2D eigenvalue weighted by Gasteiger charge is -2.14. The molecule has 0 unspecified atom stereocenters. The Labute approximate surface area is 163 Å². The number of aromatic nitrogens is 1. The van der Waals surface area contributed by atoms with E-state index in [1.807, 2.05) is 48.5 Å². The number of rotatable bonds is 7. The van der Waals surface area contributed by atoms with Crippen LogP contribution < -0.4 is 4.74 Å². The van der Waals surface area contributed by atoms with E-state index in [0.29, 0.717) is 24.0 Å². The van der Waals surface area contributed by atoms with Crippen molar-refractivity contribution in [3.8, 4) is 5.75 Å². The van der Waals surface area contributed by atoms with Crippen molar-refractivity contribution in [3.63, 3.8) is 0 Å². The first-order chi connectivity index (χ1) is 13.1. The molecule has 0 aliphatic heterocycles. The minimum atomic E-state index is -0.342. The maximum atomic E-state index is 12.4. The Morgan fingerprint density at radius 2 is 1.93 bits per heavy atom. The minimum absolute atomic E-state index is 0.317. The van der Waals surface area contributed by atoms with E-state index in [2.05, 4.69) is 18.8 Å². The molecule has 0 aliphatic carbocycles. The molecule has 0 N–H and O–H groups in total. The molecular formula is C22H23NO3S. The third-order valence-electron chi connectivity index (χ3n) is 3.89. The SMILES string of the molecule is CCOC(=O)c1cnc2ccc(OCc3ccccc3)cc2c1SC(C)C. The number of hydrogen-bond acceptors (Lipinski definition) is 5. The molecule has 27 heavy (non-hydrogen) atoms. The zero-order chi connectivity index (χ0) is 19.2. The summed E-state index contributed by atoms with van der Waals surface area (Å²) in [6, 6.07) is 15.8. The standard InChI is InChI=1S/C22H23NO3S/c1-4-25-22(24)19-13-23-20-11-10-17(12-18(20)21(19)27-15(2)3)26-14-16-8-6-5-7-9-16/h5-13,15H,4,14H2,1-3H3. The van der Waals surface area contributed by atoms with Gasteiger partial charge in [-0.25, -0.2) is 4.79 Å². The number of carbonyl (C=O) groups is 1. The second-order valence-electron chi connectivity index (χ2n) is 6.34. The Morgan fingerprint density at radius 3 is 2.63 bits per heavy atom. The van der Waals surface area contributed by atoms with E-state index < -0.39 is 0 Å². The molecule has 0 bridgehead atoms. The summed E-state index contributed by atoms with van der Waals surface area (Å²) in [6.45, 7) is 6.83. The van der Waals surface area contributed by atoms with Gasteiger partial charge in [0.05, 0.1) is 17.7 Å². The maximum Gasteiger partial charge on any atom is 0.340 e. The van der Waals surface area contributed by atoms with E-state index >= 15 is 0 Å². The van der Waals surface area contributed by atoms with E-state index in [1.165, 1.54) is 0 Å². The second-order valence-corrected chi connectivity index (χ2v) is 7.93. The summed E-state index contributed by atoms with van der Waals surface area (Å²) in [5.41, 5.74) is 2.44. The summed E-state index contributed by atoms with van der Waals surface area (Å²) < 4.78 is 11.2. The molecule has 4 nitrogen and oxygen atoms in total. The van der Waals surface area contributed by atoms with Gasteiger partial charge in [-0.1, -0.05) is 44.2 Å². The van der Waals surface area contributed by atoms with E-state index in [-0.39, 0.29) is 5.97 Å². The van der Waals surface area contributed by atoms with Crippen molar-refractivity contribution < 1.29 is 14.3 Å². The van der Waals surface area contributed by atoms with Crippen LogP contribution in [0.3, 0.4) is 0 Å². The molecule has 0 aliphatic rings. The molecule has 140 valence electrons. The van der Waals surface area contributed by atoms with Gasteiger partial charge < -0.3 is 9.47 Å². The average molecular weight is 381 g/mol. The molecule has 0 spiro atoms. The Bertz CT molecular complexity index is 925. The molecule has 0 radical (unpaired) electrons. The number of hydrogen-bond donors (Lipinski definition) is 0. The van der Waals surface area contributed by atoms with E-state index in [1.54, 1.807) is 24.9 Å². The second kappa shape index (κ2) is 8.91. The van der Waals surface area contributed by atoms with Crippen molar-refractivity contribution in [2.45, 2.75) is 37.5 Å². The topological polar surface area (TPSA) is 48.4 Å². The number of thioether (sulfide) groups is 1. The van der Waals surface area contributed by atoms with Crippen LogP contribution in [0.25, 0.3) is 10.9 Å². The lowest BCUT2D eigenvalue weighted by molar-refractivity contribution is 0.0522. The maximum absolute atomic E-state index is 12.4. The van der Waals surface area contributed by atoms with Crippen molar-refractivity contribution in [1.29, 1.82) is 0 Å². The van der Waals surface area contributed by atoms with Crippen molar-refractivity contribution in [3.05, 3.63) is 65.9 Å². The number of fused-ring (bicyclic) bond motifs is 1. The first-order valence-electron chi connectivity index (χ1n) is 9.01. The average Bonchev–Trinajstić information content (AvgIpc) is 2.67. The summed E-state index contributed by atoms with van der Waals surface area (Å²) >= 11 is 1.64. The van der Waals surface area contributed by atoms with Crippen molar-refractivity contribution in [2.24, 2.45) is 0 Å². The normalized spacial score (nSPS) is 11.0. The smallest absolute Gasteiger partial charge is 0.340 e. The quantitative estimate of drug-likeness (QED) is 0.400. The number of benzene rings is 2. The molecule has 3 rings (SSSR count). The van der Waals surface area contributed by atoms with Crippen LogP contribution in [0.15, 0.2) is 59.6 Å². The molecule has 0 atom stereocenters. The van der Waals surface area contributed by atoms with E-state index in [0.717, 1.165) is 27.1 Å². The first kappa shape index (κ1) is 19.2. The van der Waals surface area contributed by atoms with Crippen LogP contribution in [-0.2, 0) is 11.3 Å².